The Balaban J connectivity index is 2.04. The van der Waals surface area contributed by atoms with E-state index in [9.17, 15) is 4.79 Å². The summed E-state index contributed by atoms with van der Waals surface area (Å²) in [7, 11) is 3.72. The summed E-state index contributed by atoms with van der Waals surface area (Å²) in [6.07, 6.45) is 1.82. The number of nitrogens with zero attached hydrogens (tertiary/aromatic N) is 3. The van der Waals surface area contributed by atoms with Crippen LogP contribution in [0.1, 0.15) is 21.7 Å². The summed E-state index contributed by atoms with van der Waals surface area (Å²) in [6, 6.07) is 7.65. The van der Waals surface area contributed by atoms with Gasteiger partial charge in [0.15, 0.2) is 6.67 Å². The standard InChI is InChI=1S/C17H23N5OS/c1-5-10-21-13(2)19-22(17(21)24)12-20(4)11-14-6-8-15(9-7-14)16(23)18-3/h5-9H,1,10-12H2,2-4H3,(H,18,23)/p+1. The van der Waals surface area contributed by atoms with E-state index in [4.69, 9.17) is 12.2 Å². The van der Waals surface area contributed by atoms with Crippen LogP contribution in [0.25, 0.3) is 0 Å². The molecule has 0 aliphatic heterocycles. The summed E-state index contributed by atoms with van der Waals surface area (Å²) >= 11 is 5.48. The van der Waals surface area contributed by atoms with Crippen molar-refractivity contribution in [3.8, 4) is 0 Å². The van der Waals surface area contributed by atoms with Crippen molar-refractivity contribution in [2.24, 2.45) is 0 Å². The Morgan fingerprint density at radius 2 is 2.08 bits per heavy atom. The van der Waals surface area contributed by atoms with Crippen LogP contribution < -0.4 is 10.2 Å². The van der Waals surface area contributed by atoms with Gasteiger partial charge in [0.05, 0.1) is 7.05 Å². The quantitative estimate of drug-likeness (QED) is 0.580. The highest BCUT2D eigenvalue weighted by atomic mass is 32.1. The lowest BCUT2D eigenvalue weighted by Gasteiger charge is -2.14. The highest BCUT2D eigenvalue weighted by Crippen LogP contribution is 2.03. The van der Waals surface area contributed by atoms with E-state index < -0.39 is 0 Å². The molecular weight excluding hydrogens is 322 g/mol. The monoisotopic (exact) mass is 346 g/mol. The van der Waals surface area contributed by atoms with Crippen molar-refractivity contribution in [2.75, 3.05) is 14.1 Å². The zero-order chi connectivity index (χ0) is 17.7. The molecule has 2 rings (SSSR count). The number of benzene rings is 1. The highest BCUT2D eigenvalue weighted by Gasteiger charge is 2.11. The van der Waals surface area contributed by atoms with Gasteiger partial charge in [0.1, 0.15) is 12.4 Å². The van der Waals surface area contributed by atoms with E-state index in [-0.39, 0.29) is 5.91 Å². The van der Waals surface area contributed by atoms with Gasteiger partial charge in [-0.3, -0.25) is 4.79 Å². The summed E-state index contributed by atoms with van der Waals surface area (Å²) < 4.78 is 4.53. The normalized spacial score (nSPS) is 12.0. The zero-order valence-electron chi connectivity index (χ0n) is 14.4. The lowest BCUT2D eigenvalue weighted by Crippen LogP contribution is -3.07. The fourth-order valence-electron chi connectivity index (χ4n) is 2.57. The average molecular weight is 346 g/mol. The molecule has 6 nitrogen and oxygen atoms in total. The largest absolute Gasteiger partial charge is 0.355 e. The molecule has 0 aliphatic carbocycles. The molecular formula is C17H24N5OS+. The van der Waals surface area contributed by atoms with Crippen LogP contribution in [-0.4, -0.2) is 34.4 Å². The number of allylic oxidation sites excluding steroid dienone is 1. The average Bonchev–Trinajstić information content (AvgIpc) is 2.82. The van der Waals surface area contributed by atoms with Crippen LogP contribution in [0.5, 0.6) is 0 Å². The van der Waals surface area contributed by atoms with Gasteiger partial charge in [-0.15, -0.1) is 6.58 Å². The number of carbonyl (C=O) groups is 1. The number of carbonyl (C=O) groups excluding carboxylic acids is 1. The molecule has 2 aromatic rings. The Hall–Kier alpha value is -2.25. The van der Waals surface area contributed by atoms with Crippen LogP contribution in [0.2, 0.25) is 0 Å². The Morgan fingerprint density at radius 3 is 2.67 bits per heavy atom. The van der Waals surface area contributed by atoms with Gasteiger partial charge in [0.2, 0.25) is 4.77 Å². The molecule has 0 bridgehead atoms. The van der Waals surface area contributed by atoms with E-state index in [0.717, 1.165) is 17.9 Å². The second-order valence-electron chi connectivity index (χ2n) is 5.80. The van der Waals surface area contributed by atoms with Gasteiger partial charge in [0.25, 0.3) is 5.91 Å². The van der Waals surface area contributed by atoms with E-state index in [0.29, 0.717) is 23.5 Å². The third kappa shape index (κ3) is 4.18. The minimum atomic E-state index is -0.0724. The molecule has 128 valence electrons. The fourth-order valence-corrected chi connectivity index (χ4v) is 2.88. The van der Waals surface area contributed by atoms with Gasteiger partial charge in [-0.1, -0.05) is 18.2 Å². The van der Waals surface area contributed by atoms with Crippen molar-refractivity contribution < 1.29 is 9.69 Å². The number of rotatable bonds is 7. The molecule has 24 heavy (non-hydrogen) atoms. The van der Waals surface area contributed by atoms with E-state index in [2.05, 4.69) is 24.0 Å². The number of aromatic nitrogens is 3. The Kier molecular flexibility index (Phi) is 6.05. The van der Waals surface area contributed by atoms with Crippen molar-refractivity contribution in [1.29, 1.82) is 0 Å². The van der Waals surface area contributed by atoms with Gasteiger partial charge in [-0.2, -0.15) is 9.78 Å². The van der Waals surface area contributed by atoms with Crippen LogP contribution in [0.15, 0.2) is 36.9 Å². The molecule has 1 atom stereocenters. The summed E-state index contributed by atoms with van der Waals surface area (Å²) in [5.74, 6) is 0.819. The number of amides is 1. The number of nitrogens with one attached hydrogen (secondary N) is 2. The second kappa shape index (κ2) is 8.03. The SMILES string of the molecule is C=CCn1c(C)nn(C[NH+](C)Cc2ccc(C(=O)NC)cc2)c1=S. The van der Waals surface area contributed by atoms with Crippen LogP contribution in [0.3, 0.4) is 0 Å². The molecule has 1 aromatic carbocycles. The second-order valence-corrected chi connectivity index (χ2v) is 6.16. The van der Waals surface area contributed by atoms with Crippen LogP contribution in [-0.2, 0) is 19.8 Å². The predicted octanol–water partition coefficient (Wildman–Crippen LogP) is 0.941. The van der Waals surface area contributed by atoms with Crippen LogP contribution in [0.4, 0.5) is 0 Å². The van der Waals surface area contributed by atoms with E-state index in [1.165, 1.54) is 4.90 Å². The first-order valence-corrected chi connectivity index (χ1v) is 8.24. The first-order chi connectivity index (χ1) is 11.5. The molecule has 1 heterocycles. The Labute approximate surface area is 147 Å². The first kappa shape index (κ1) is 18.1. The third-order valence-electron chi connectivity index (χ3n) is 3.79. The van der Waals surface area contributed by atoms with Crippen LogP contribution >= 0.6 is 12.2 Å². The van der Waals surface area contributed by atoms with E-state index >= 15 is 0 Å². The van der Waals surface area contributed by atoms with E-state index in [1.807, 2.05) is 46.5 Å². The smallest absolute Gasteiger partial charge is 0.251 e. The fraction of sp³-hybridized carbons (Fsp3) is 0.353. The predicted molar refractivity (Wildman–Crippen MR) is 96.4 cm³/mol. The molecule has 7 heteroatoms. The van der Waals surface area contributed by atoms with Crippen molar-refractivity contribution in [3.05, 3.63) is 58.6 Å². The first-order valence-electron chi connectivity index (χ1n) is 7.83. The number of aryl methyl sites for hydroxylation is 1. The molecule has 0 spiro atoms. The molecule has 1 amide bonds. The van der Waals surface area contributed by atoms with Gasteiger partial charge < -0.3 is 14.8 Å². The van der Waals surface area contributed by atoms with Gasteiger partial charge >= 0.3 is 0 Å². The molecule has 0 saturated heterocycles. The molecule has 0 radical (unpaired) electrons. The lowest BCUT2D eigenvalue weighted by atomic mass is 10.1. The number of hydrogen-bond donors (Lipinski definition) is 2. The maximum Gasteiger partial charge on any atom is 0.251 e. The molecule has 0 aliphatic rings. The van der Waals surface area contributed by atoms with Gasteiger partial charge in [-0.25, -0.2) is 0 Å². The maximum atomic E-state index is 11.6. The molecule has 1 unspecified atom stereocenters. The highest BCUT2D eigenvalue weighted by molar-refractivity contribution is 7.71. The Bertz CT molecular complexity index is 775. The van der Waals surface area contributed by atoms with Crippen LogP contribution in [0, 0.1) is 11.7 Å². The van der Waals surface area contributed by atoms with E-state index in [1.54, 1.807) is 7.05 Å². The van der Waals surface area contributed by atoms with Crippen molar-refractivity contribution in [2.45, 2.75) is 26.7 Å². The maximum absolute atomic E-state index is 11.6. The minimum Gasteiger partial charge on any atom is -0.355 e. The summed E-state index contributed by atoms with van der Waals surface area (Å²) in [6.45, 7) is 7.87. The van der Waals surface area contributed by atoms with Crippen molar-refractivity contribution in [3.63, 3.8) is 0 Å². The summed E-state index contributed by atoms with van der Waals surface area (Å²) in [5.41, 5.74) is 1.83. The van der Waals surface area contributed by atoms with Gasteiger partial charge in [-0.05, 0) is 31.3 Å². The third-order valence-corrected chi connectivity index (χ3v) is 4.22. The molecule has 0 fully saturated rings. The zero-order valence-corrected chi connectivity index (χ0v) is 15.2. The van der Waals surface area contributed by atoms with Gasteiger partial charge in [0, 0.05) is 24.7 Å². The summed E-state index contributed by atoms with van der Waals surface area (Å²) in [5, 5.41) is 7.13. The minimum absolute atomic E-state index is 0.0724. The van der Waals surface area contributed by atoms with Crippen molar-refractivity contribution >= 4 is 18.1 Å². The Morgan fingerprint density at radius 1 is 1.42 bits per heavy atom. The topological polar surface area (TPSA) is 56.3 Å². The molecule has 2 N–H and O–H groups in total. The number of quaternary nitrogens is 1. The number of hydrogen-bond acceptors (Lipinski definition) is 3. The summed E-state index contributed by atoms with van der Waals surface area (Å²) in [4.78, 5) is 12.8. The molecule has 0 saturated carbocycles. The van der Waals surface area contributed by atoms with Crippen molar-refractivity contribution in [1.82, 2.24) is 19.7 Å². The lowest BCUT2D eigenvalue weighted by molar-refractivity contribution is -0.917. The molecule has 1 aromatic heterocycles.